The molecule has 3 rings (SSSR count). The first-order valence-corrected chi connectivity index (χ1v) is 14.3. The fourth-order valence-corrected chi connectivity index (χ4v) is 4.91. The van der Waals surface area contributed by atoms with Crippen LogP contribution in [0.3, 0.4) is 0 Å². The van der Waals surface area contributed by atoms with Gasteiger partial charge < -0.3 is 34.0 Å². The maximum absolute atomic E-state index is 13.5. The van der Waals surface area contributed by atoms with Gasteiger partial charge in [-0.25, -0.2) is 19.6 Å². The van der Waals surface area contributed by atoms with Gasteiger partial charge in [0.2, 0.25) is 19.5 Å². The van der Waals surface area contributed by atoms with Gasteiger partial charge in [-0.15, -0.1) is 0 Å². The lowest BCUT2D eigenvalue weighted by Crippen LogP contribution is -2.26. The molecule has 2 aromatic heterocycles. The summed E-state index contributed by atoms with van der Waals surface area (Å²) >= 11 is 0. The fourth-order valence-electron chi connectivity index (χ4n) is 3.84. The number of aromatic nitrogens is 4. The summed E-state index contributed by atoms with van der Waals surface area (Å²) in [5.74, 6) is 0.264. The molecule has 0 radical (unpaired) electrons. The molecular weight excluding hydrogens is 537 g/mol. The van der Waals surface area contributed by atoms with E-state index in [1.165, 1.54) is 6.20 Å². The third-order valence-electron chi connectivity index (χ3n) is 5.65. The molecule has 2 aromatic rings. The second-order valence-corrected chi connectivity index (χ2v) is 11.6. The summed E-state index contributed by atoms with van der Waals surface area (Å²) in [5, 5.41) is 0. The molecule has 1 saturated carbocycles. The van der Waals surface area contributed by atoms with Crippen LogP contribution in [0.15, 0.2) is 12.5 Å². The van der Waals surface area contributed by atoms with Gasteiger partial charge in [0.1, 0.15) is 11.9 Å². The summed E-state index contributed by atoms with van der Waals surface area (Å²) in [6, 6.07) is 0. The van der Waals surface area contributed by atoms with Gasteiger partial charge in [-0.2, -0.15) is 4.98 Å². The van der Waals surface area contributed by atoms with Crippen molar-refractivity contribution >= 4 is 37.0 Å². The maximum atomic E-state index is 13.5. The van der Waals surface area contributed by atoms with E-state index in [-0.39, 0.29) is 11.9 Å². The number of fused-ring (bicyclic) bond motifs is 1. The van der Waals surface area contributed by atoms with Gasteiger partial charge in [-0.05, 0) is 46.5 Å². The number of carbonyl (C=O) groups is 2. The number of nitrogen functional groups attached to an aromatic ring is 1. The normalized spacial score (nSPS) is 18.9. The molecule has 218 valence electrons. The van der Waals surface area contributed by atoms with Crippen LogP contribution in [0.1, 0.15) is 53.9 Å². The highest BCUT2D eigenvalue weighted by Gasteiger charge is 2.56. The van der Waals surface area contributed by atoms with E-state index in [9.17, 15) is 14.2 Å². The van der Waals surface area contributed by atoms with Gasteiger partial charge in [-0.3, -0.25) is 13.6 Å². The predicted molar refractivity (Wildman–Crippen MR) is 136 cm³/mol. The lowest BCUT2D eigenvalue weighted by Gasteiger charge is -2.24. The largest absolute Gasteiger partial charge is 0.510 e. The van der Waals surface area contributed by atoms with E-state index in [0.717, 1.165) is 12.8 Å². The monoisotopic (exact) mass is 573 g/mol. The van der Waals surface area contributed by atoms with Crippen LogP contribution in [-0.4, -0.2) is 69.6 Å². The Morgan fingerprint density at radius 1 is 1.10 bits per heavy atom. The van der Waals surface area contributed by atoms with Gasteiger partial charge >= 0.3 is 19.9 Å². The number of rotatable bonds is 15. The van der Waals surface area contributed by atoms with Gasteiger partial charge in [0.25, 0.3) is 0 Å². The quantitative estimate of drug-likeness (QED) is 0.181. The Bertz CT molecular complexity index is 1140. The van der Waals surface area contributed by atoms with Crippen molar-refractivity contribution in [1.82, 2.24) is 19.5 Å². The Morgan fingerprint density at radius 3 is 2.28 bits per heavy atom. The van der Waals surface area contributed by atoms with Gasteiger partial charge in [0.15, 0.2) is 5.65 Å². The van der Waals surface area contributed by atoms with Gasteiger partial charge in [0, 0.05) is 0 Å². The number of carbonyl (C=O) groups excluding carboxylic acids is 2. The van der Waals surface area contributed by atoms with Gasteiger partial charge in [-0.1, -0.05) is 13.3 Å². The molecule has 2 unspecified atom stereocenters. The number of hydrogen-bond acceptors (Lipinski definition) is 14. The van der Waals surface area contributed by atoms with Crippen molar-refractivity contribution in [3.63, 3.8) is 0 Å². The number of hydrogen-bond donors (Lipinski definition) is 1. The van der Waals surface area contributed by atoms with Crippen LogP contribution in [0.25, 0.3) is 11.2 Å². The molecule has 2 atom stereocenters. The number of nitrogens with two attached hydrogens (primary N) is 1. The van der Waals surface area contributed by atoms with Crippen molar-refractivity contribution in [3.8, 4) is 0 Å². The molecule has 0 spiro atoms. The van der Waals surface area contributed by atoms with Crippen LogP contribution in [-0.2, 0) is 43.8 Å². The van der Waals surface area contributed by atoms with Crippen LogP contribution in [0.4, 0.5) is 15.5 Å². The Kier molecular flexibility index (Phi) is 10.5. The summed E-state index contributed by atoms with van der Waals surface area (Å²) in [6.07, 6.45) is 2.22. The smallest absolute Gasteiger partial charge is 0.432 e. The summed E-state index contributed by atoms with van der Waals surface area (Å²) in [6.45, 7) is 7.49. The molecule has 2 N–H and O–H groups in total. The van der Waals surface area contributed by atoms with Crippen molar-refractivity contribution in [2.75, 3.05) is 25.7 Å². The average molecular weight is 574 g/mol. The van der Waals surface area contributed by atoms with Crippen molar-refractivity contribution in [2.45, 2.75) is 78.2 Å². The summed E-state index contributed by atoms with van der Waals surface area (Å²) in [4.78, 5) is 35.9. The van der Waals surface area contributed by atoms with Crippen LogP contribution < -0.4 is 5.73 Å². The molecule has 39 heavy (non-hydrogen) atoms. The highest BCUT2D eigenvalue weighted by Crippen LogP contribution is 2.56. The third-order valence-corrected chi connectivity index (χ3v) is 7.10. The standard InChI is InChI=1S/C23H36N5O10P/c1-6-7-17-8-23(17,10-28-11-26-18-9-25-20(24)27-19(18)28)34-14-39(31,35-12-32-21(29)37-15(2)3)36-13-33-22(30)38-16(4)5/h9,11,15-17H,6-8,10,12-14H2,1-5H3,(H2,24,25,27). The zero-order valence-electron chi connectivity index (χ0n) is 22.7. The first kappa shape index (κ1) is 30.5. The van der Waals surface area contributed by atoms with Crippen molar-refractivity contribution in [1.29, 1.82) is 0 Å². The predicted octanol–water partition coefficient (Wildman–Crippen LogP) is 4.21. The van der Waals surface area contributed by atoms with E-state index in [1.54, 1.807) is 38.6 Å². The fraction of sp³-hybridized carbons (Fsp3) is 0.696. The highest BCUT2D eigenvalue weighted by molar-refractivity contribution is 7.53. The SMILES string of the molecule is CCCC1CC1(Cn1cnc2cnc(N)nc21)OCP(=O)(OCOC(=O)OC(C)C)OCOC(=O)OC(C)C. The summed E-state index contributed by atoms with van der Waals surface area (Å²) in [5.41, 5.74) is 6.14. The molecule has 0 saturated heterocycles. The van der Waals surface area contributed by atoms with Gasteiger partial charge in [0.05, 0.1) is 36.9 Å². The second-order valence-electron chi connectivity index (χ2n) is 9.56. The Morgan fingerprint density at radius 2 is 1.72 bits per heavy atom. The molecular formula is C23H36N5O10P. The lowest BCUT2D eigenvalue weighted by molar-refractivity contribution is -0.0408. The molecule has 0 bridgehead atoms. The second kappa shape index (κ2) is 13.4. The first-order valence-electron chi connectivity index (χ1n) is 12.6. The average Bonchev–Trinajstić information content (AvgIpc) is 3.37. The van der Waals surface area contributed by atoms with E-state index >= 15 is 0 Å². The minimum atomic E-state index is -4.11. The molecule has 0 aliphatic heterocycles. The van der Waals surface area contributed by atoms with Crippen LogP contribution in [0, 0.1) is 5.92 Å². The topological polar surface area (TPSA) is 185 Å². The van der Waals surface area contributed by atoms with Crippen molar-refractivity contribution < 1.29 is 46.9 Å². The van der Waals surface area contributed by atoms with E-state index in [0.29, 0.717) is 24.1 Å². The zero-order valence-corrected chi connectivity index (χ0v) is 23.6. The summed E-state index contributed by atoms with van der Waals surface area (Å²) < 4.78 is 51.4. The van der Waals surface area contributed by atoms with E-state index in [4.69, 9.17) is 38.5 Å². The minimum absolute atomic E-state index is 0.110. The molecule has 1 aliphatic carbocycles. The van der Waals surface area contributed by atoms with Crippen LogP contribution in [0.5, 0.6) is 0 Å². The Hall–Kier alpha value is -3.00. The highest BCUT2D eigenvalue weighted by atomic mass is 31.2. The van der Waals surface area contributed by atoms with E-state index in [1.807, 2.05) is 0 Å². The van der Waals surface area contributed by atoms with Crippen molar-refractivity contribution in [2.24, 2.45) is 5.92 Å². The number of imidazole rings is 1. The third kappa shape index (κ3) is 9.02. The molecule has 2 heterocycles. The lowest BCUT2D eigenvalue weighted by atomic mass is 10.1. The minimum Gasteiger partial charge on any atom is -0.432 e. The number of nitrogens with zero attached hydrogens (tertiary/aromatic N) is 4. The number of anilines is 1. The molecule has 15 nitrogen and oxygen atoms in total. The maximum Gasteiger partial charge on any atom is 0.510 e. The van der Waals surface area contributed by atoms with E-state index < -0.39 is 57.6 Å². The van der Waals surface area contributed by atoms with Crippen molar-refractivity contribution in [3.05, 3.63) is 12.5 Å². The Labute approximate surface area is 226 Å². The first-order chi connectivity index (χ1) is 18.4. The Balaban J connectivity index is 1.70. The molecule has 0 amide bonds. The molecule has 1 fully saturated rings. The molecule has 0 aromatic carbocycles. The summed E-state index contributed by atoms with van der Waals surface area (Å²) in [7, 11) is -4.11. The molecule has 16 heteroatoms. The van der Waals surface area contributed by atoms with Crippen LogP contribution in [0.2, 0.25) is 0 Å². The van der Waals surface area contributed by atoms with E-state index in [2.05, 4.69) is 21.9 Å². The van der Waals surface area contributed by atoms with Crippen LogP contribution >= 0.6 is 7.60 Å². The zero-order chi connectivity index (χ0) is 28.6. The number of ether oxygens (including phenoxy) is 5. The molecule has 1 aliphatic rings.